The first kappa shape index (κ1) is 21.6. The number of anilines is 1. The molecule has 0 bridgehead atoms. The van der Waals surface area contributed by atoms with E-state index in [-0.39, 0.29) is 10.5 Å². The summed E-state index contributed by atoms with van der Waals surface area (Å²) in [6, 6.07) is 9.55. The minimum Gasteiger partial charge on any atom is -0.496 e. The van der Waals surface area contributed by atoms with Gasteiger partial charge in [0.15, 0.2) is 0 Å². The van der Waals surface area contributed by atoms with Gasteiger partial charge in [-0.05, 0) is 61.6 Å². The Kier molecular flexibility index (Phi) is 6.51. The Hall–Kier alpha value is -2.09. The molecule has 1 saturated heterocycles. The van der Waals surface area contributed by atoms with E-state index < -0.39 is 15.9 Å². The van der Waals surface area contributed by atoms with Gasteiger partial charge in [-0.15, -0.1) is 0 Å². The molecule has 29 heavy (non-hydrogen) atoms. The summed E-state index contributed by atoms with van der Waals surface area (Å²) in [6.45, 7) is 4.94. The smallest absolute Gasteiger partial charge is 0.259 e. The number of benzene rings is 2. The minimum atomic E-state index is -3.68. The van der Waals surface area contributed by atoms with E-state index in [1.807, 2.05) is 6.92 Å². The number of halogens is 1. The maximum absolute atomic E-state index is 13.1. The maximum atomic E-state index is 13.1. The van der Waals surface area contributed by atoms with Gasteiger partial charge in [0.25, 0.3) is 5.91 Å². The van der Waals surface area contributed by atoms with Gasteiger partial charge in [0.05, 0.1) is 17.6 Å². The summed E-state index contributed by atoms with van der Waals surface area (Å²) in [7, 11) is -2.24. The molecule has 0 radical (unpaired) electrons. The molecule has 0 unspecified atom stereocenters. The number of carbonyl (C=O) groups is 1. The third-order valence-electron chi connectivity index (χ3n) is 5.24. The number of nitrogens with zero attached hydrogens (tertiary/aromatic N) is 1. The van der Waals surface area contributed by atoms with Crippen molar-refractivity contribution in [2.75, 3.05) is 25.5 Å². The van der Waals surface area contributed by atoms with Crippen LogP contribution in [0.4, 0.5) is 5.69 Å². The molecule has 1 aliphatic rings. The van der Waals surface area contributed by atoms with Gasteiger partial charge >= 0.3 is 0 Å². The molecular formula is C21H25ClN2O4S. The van der Waals surface area contributed by atoms with Crippen molar-refractivity contribution >= 4 is 33.2 Å². The lowest BCUT2D eigenvalue weighted by atomic mass is 10.0. The molecule has 2 aromatic rings. The normalized spacial score (nSPS) is 15.9. The summed E-state index contributed by atoms with van der Waals surface area (Å²) in [5, 5.41) is 3.29. The lowest BCUT2D eigenvalue weighted by Crippen LogP contribution is -2.37. The van der Waals surface area contributed by atoms with Crippen molar-refractivity contribution in [3.8, 4) is 5.75 Å². The predicted molar refractivity (Wildman–Crippen MR) is 114 cm³/mol. The van der Waals surface area contributed by atoms with Crippen LogP contribution in [0.3, 0.4) is 0 Å². The van der Waals surface area contributed by atoms with E-state index in [1.54, 1.807) is 18.2 Å². The average molecular weight is 437 g/mol. The van der Waals surface area contributed by atoms with E-state index in [9.17, 15) is 13.2 Å². The summed E-state index contributed by atoms with van der Waals surface area (Å²) >= 11 is 6.03. The van der Waals surface area contributed by atoms with Crippen molar-refractivity contribution in [2.45, 2.75) is 31.6 Å². The van der Waals surface area contributed by atoms with E-state index in [0.29, 0.717) is 35.5 Å². The fourth-order valence-electron chi connectivity index (χ4n) is 3.32. The van der Waals surface area contributed by atoms with Crippen molar-refractivity contribution in [2.24, 2.45) is 5.92 Å². The highest BCUT2D eigenvalue weighted by atomic mass is 35.5. The Morgan fingerprint density at radius 1 is 1.17 bits per heavy atom. The summed E-state index contributed by atoms with van der Waals surface area (Å²) in [5.74, 6) is 0.351. The maximum Gasteiger partial charge on any atom is 0.259 e. The molecule has 0 saturated carbocycles. The van der Waals surface area contributed by atoms with Crippen molar-refractivity contribution in [1.82, 2.24) is 4.31 Å². The Bertz CT molecular complexity index is 1020. The molecule has 0 spiro atoms. The van der Waals surface area contributed by atoms with Gasteiger partial charge in [0.1, 0.15) is 5.75 Å². The molecule has 2 aromatic carbocycles. The largest absolute Gasteiger partial charge is 0.496 e. The molecule has 1 heterocycles. The molecule has 1 fully saturated rings. The molecule has 0 atom stereocenters. The lowest BCUT2D eigenvalue weighted by molar-refractivity contribution is 0.102. The van der Waals surface area contributed by atoms with E-state index in [1.165, 1.54) is 29.6 Å². The van der Waals surface area contributed by atoms with Gasteiger partial charge in [-0.3, -0.25) is 4.79 Å². The topological polar surface area (TPSA) is 75.7 Å². The second-order valence-electron chi connectivity index (χ2n) is 7.36. The van der Waals surface area contributed by atoms with Gasteiger partial charge in [-0.25, -0.2) is 8.42 Å². The van der Waals surface area contributed by atoms with Crippen LogP contribution in [-0.4, -0.2) is 38.8 Å². The summed E-state index contributed by atoms with van der Waals surface area (Å²) in [6.07, 6.45) is 1.66. The number of nitrogens with one attached hydrogen (secondary N) is 1. The molecule has 1 amide bonds. The molecule has 1 aliphatic heterocycles. The molecule has 0 aliphatic carbocycles. The zero-order chi connectivity index (χ0) is 21.2. The SMILES string of the molecule is COc1ccc(S(=O)(=O)N2CCC(C)CC2)cc1C(=O)Nc1cc(Cl)ccc1C. The highest BCUT2D eigenvalue weighted by Gasteiger charge is 2.29. The standard InChI is InChI=1S/C21H25ClN2O4S/c1-14-8-10-24(11-9-14)29(26,27)17-6-7-20(28-3)18(13-17)21(25)23-19-12-16(22)5-4-15(19)2/h4-7,12-14H,8-11H2,1-3H3,(H,23,25). The van der Waals surface area contributed by atoms with E-state index in [0.717, 1.165) is 18.4 Å². The number of methoxy groups -OCH3 is 1. The minimum absolute atomic E-state index is 0.0841. The summed E-state index contributed by atoms with van der Waals surface area (Å²) in [4.78, 5) is 13.0. The van der Waals surface area contributed by atoms with Gasteiger partial charge in [0, 0.05) is 23.8 Å². The zero-order valence-electron chi connectivity index (χ0n) is 16.7. The molecule has 3 rings (SSSR count). The first-order valence-corrected chi connectivity index (χ1v) is 11.3. The Morgan fingerprint density at radius 2 is 1.86 bits per heavy atom. The van der Waals surface area contributed by atoms with Crippen LogP contribution in [0.1, 0.15) is 35.7 Å². The van der Waals surface area contributed by atoms with Crippen LogP contribution < -0.4 is 10.1 Å². The number of carbonyl (C=O) groups excluding carboxylic acids is 1. The quantitative estimate of drug-likeness (QED) is 0.756. The highest BCUT2D eigenvalue weighted by molar-refractivity contribution is 7.89. The molecule has 6 nitrogen and oxygen atoms in total. The summed E-state index contributed by atoms with van der Waals surface area (Å²) < 4.78 is 32.9. The monoisotopic (exact) mass is 436 g/mol. The number of hydrogen-bond donors (Lipinski definition) is 1. The predicted octanol–water partition coefficient (Wildman–Crippen LogP) is 4.33. The van der Waals surface area contributed by atoms with E-state index >= 15 is 0 Å². The van der Waals surface area contributed by atoms with Gasteiger partial charge in [-0.2, -0.15) is 4.31 Å². The Morgan fingerprint density at radius 3 is 2.52 bits per heavy atom. The zero-order valence-corrected chi connectivity index (χ0v) is 18.3. The Labute approximate surface area is 176 Å². The van der Waals surface area contributed by atoms with E-state index in [2.05, 4.69) is 12.2 Å². The fourth-order valence-corrected chi connectivity index (χ4v) is 4.99. The average Bonchev–Trinajstić information content (AvgIpc) is 2.70. The number of piperidine rings is 1. The second kappa shape index (κ2) is 8.73. The number of ether oxygens (including phenoxy) is 1. The van der Waals surface area contributed by atoms with Crippen LogP contribution in [0.15, 0.2) is 41.3 Å². The number of sulfonamides is 1. The molecule has 1 N–H and O–H groups in total. The van der Waals surface area contributed by atoms with Gasteiger partial charge in [0.2, 0.25) is 10.0 Å². The van der Waals surface area contributed by atoms with E-state index in [4.69, 9.17) is 16.3 Å². The van der Waals surface area contributed by atoms with Gasteiger partial charge < -0.3 is 10.1 Å². The van der Waals surface area contributed by atoms with Crippen LogP contribution in [-0.2, 0) is 10.0 Å². The Balaban J connectivity index is 1.92. The van der Waals surface area contributed by atoms with Crippen LogP contribution in [0.25, 0.3) is 0 Å². The lowest BCUT2D eigenvalue weighted by Gasteiger charge is -2.29. The molecule has 8 heteroatoms. The van der Waals surface area contributed by atoms with Crippen molar-refractivity contribution in [1.29, 1.82) is 0 Å². The van der Waals surface area contributed by atoms with Crippen LogP contribution in [0.5, 0.6) is 5.75 Å². The number of hydrogen-bond acceptors (Lipinski definition) is 4. The molecular weight excluding hydrogens is 412 g/mol. The molecule has 156 valence electrons. The number of amides is 1. The third-order valence-corrected chi connectivity index (χ3v) is 7.37. The first-order valence-electron chi connectivity index (χ1n) is 9.48. The second-order valence-corrected chi connectivity index (χ2v) is 9.74. The molecule has 0 aromatic heterocycles. The van der Waals surface area contributed by atoms with Crippen LogP contribution in [0, 0.1) is 12.8 Å². The van der Waals surface area contributed by atoms with Crippen LogP contribution in [0.2, 0.25) is 5.02 Å². The number of aryl methyl sites for hydroxylation is 1. The number of rotatable bonds is 5. The summed E-state index contributed by atoms with van der Waals surface area (Å²) in [5.41, 5.74) is 1.55. The first-order chi connectivity index (χ1) is 13.7. The van der Waals surface area contributed by atoms with Crippen molar-refractivity contribution in [3.63, 3.8) is 0 Å². The van der Waals surface area contributed by atoms with Crippen molar-refractivity contribution in [3.05, 3.63) is 52.5 Å². The third kappa shape index (κ3) is 4.74. The fraction of sp³-hybridized carbons (Fsp3) is 0.381. The highest BCUT2D eigenvalue weighted by Crippen LogP contribution is 2.29. The van der Waals surface area contributed by atoms with Crippen molar-refractivity contribution < 1.29 is 17.9 Å². The van der Waals surface area contributed by atoms with Gasteiger partial charge in [-0.1, -0.05) is 24.6 Å². The van der Waals surface area contributed by atoms with Crippen LogP contribution >= 0.6 is 11.6 Å².